The number of aromatic nitrogens is 5. The van der Waals surface area contributed by atoms with Crippen LogP contribution in [0.1, 0.15) is 43.8 Å². The van der Waals surface area contributed by atoms with Gasteiger partial charge in [0.05, 0.1) is 11.1 Å². The molecule has 2 aromatic heterocycles. The van der Waals surface area contributed by atoms with Gasteiger partial charge in [-0.1, -0.05) is 36.4 Å². The maximum absolute atomic E-state index is 13.4. The van der Waals surface area contributed by atoms with Crippen LogP contribution < -0.4 is 10.5 Å². The molecular weight excluding hydrogens is 426 g/mol. The van der Waals surface area contributed by atoms with Crippen LogP contribution in [0.4, 0.5) is 5.69 Å². The van der Waals surface area contributed by atoms with Crippen molar-refractivity contribution in [2.45, 2.75) is 39.3 Å². The normalized spacial score (nSPS) is 16.2. The quantitative estimate of drug-likeness (QED) is 0.505. The van der Waals surface area contributed by atoms with Crippen LogP contribution in [0.3, 0.4) is 0 Å². The van der Waals surface area contributed by atoms with Crippen molar-refractivity contribution in [3.63, 3.8) is 0 Å². The van der Waals surface area contributed by atoms with Gasteiger partial charge in [-0.3, -0.25) is 9.69 Å². The smallest absolute Gasteiger partial charge is 0.253 e. The van der Waals surface area contributed by atoms with Crippen LogP contribution in [0.15, 0.2) is 59.4 Å². The standard InChI is InChI=1S/C26H31N7O/c1-18-9-8-10-19-17-21(25(34)27-22(18)19)23(24-28-29-30-33(24)26(2,3)4)32-15-13-31(14-16-32)20-11-6-5-7-12-20/h5-12,17,23H,13-16H2,1-4H3,(H,27,34)/t23-/m0/s1. The van der Waals surface area contributed by atoms with Crippen molar-refractivity contribution in [1.29, 1.82) is 0 Å². The van der Waals surface area contributed by atoms with Gasteiger partial charge in [0, 0.05) is 37.4 Å². The van der Waals surface area contributed by atoms with Crippen molar-refractivity contribution < 1.29 is 0 Å². The lowest BCUT2D eigenvalue weighted by molar-refractivity contribution is 0.190. The maximum Gasteiger partial charge on any atom is 0.253 e. The van der Waals surface area contributed by atoms with Crippen LogP contribution in [-0.4, -0.2) is 56.3 Å². The van der Waals surface area contributed by atoms with Crippen molar-refractivity contribution >= 4 is 16.6 Å². The monoisotopic (exact) mass is 457 g/mol. The van der Waals surface area contributed by atoms with Crippen molar-refractivity contribution in [3.8, 4) is 0 Å². The number of piperazine rings is 1. The average molecular weight is 458 g/mol. The van der Waals surface area contributed by atoms with Gasteiger partial charge in [0.1, 0.15) is 6.04 Å². The van der Waals surface area contributed by atoms with Crippen LogP contribution in [0.2, 0.25) is 0 Å². The summed E-state index contributed by atoms with van der Waals surface area (Å²) >= 11 is 0. The molecule has 0 unspecified atom stereocenters. The van der Waals surface area contributed by atoms with Crippen LogP contribution in [-0.2, 0) is 5.54 Å². The lowest BCUT2D eigenvalue weighted by Gasteiger charge is -2.40. The minimum atomic E-state index is -0.346. The Balaban J connectivity index is 1.57. The van der Waals surface area contributed by atoms with E-state index in [4.69, 9.17) is 0 Å². The van der Waals surface area contributed by atoms with E-state index in [1.165, 1.54) is 5.69 Å². The average Bonchev–Trinajstić information content (AvgIpc) is 3.32. The Bertz CT molecular complexity index is 1350. The predicted octanol–water partition coefficient (Wildman–Crippen LogP) is 3.49. The molecule has 34 heavy (non-hydrogen) atoms. The molecule has 3 heterocycles. The Labute approximate surface area is 199 Å². The second-order valence-electron chi connectivity index (χ2n) is 9.97. The third-order valence-electron chi connectivity index (χ3n) is 6.59. The number of aromatic amines is 1. The highest BCUT2D eigenvalue weighted by Crippen LogP contribution is 2.31. The fourth-order valence-corrected chi connectivity index (χ4v) is 4.82. The van der Waals surface area contributed by atoms with E-state index in [2.05, 4.69) is 75.3 Å². The van der Waals surface area contributed by atoms with Gasteiger partial charge in [-0.05, 0) is 67.3 Å². The summed E-state index contributed by atoms with van der Waals surface area (Å²) in [6.07, 6.45) is 0. The number of para-hydroxylation sites is 2. The zero-order chi connectivity index (χ0) is 23.9. The number of fused-ring (bicyclic) bond motifs is 1. The Morgan fingerprint density at radius 1 is 0.971 bits per heavy atom. The first-order valence-electron chi connectivity index (χ1n) is 11.8. The number of H-pyrrole nitrogens is 1. The minimum Gasteiger partial charge on any atom is -0.369 e. The molecule has 8 heteroatoms. The molecule has 1 atom stereocenters. The molecule has 0 spiro atoms. The third kappa shape index (κ3) is 4.09. The largest absolute Gasteiger partial charge is 0.369 e. The van der Waals surface area contributed by atoms with E-state index in [1.807, 2.05) is 41.9 Å². The van der Waals surface area contributed by atoms with Crippen molar-refractivity contribution in [2.75, 3.05) is 31.1 Å². The summed E-state index contributed by atoms with van der Waals surface area (Å²) in [6.45, 7) is 11.5. The molecule has 1 fully saturated rings. The molecule has 1 aliphatic rings. The number of tetrazole rings is 1. The number of nitrogens with zero attached hydrogens (tertiary/aromatic N) is 6. The van der Waals surface area contributed by atoms with Crippen molar-refractivity contribution in [2.24, 2.45) is 0 Å². The van der Waals surface area contributed by atoms with Crippen LogP contribution in [0.5, 0.6) is 0 Å². The van der Waals surface area contributed by atoms with Crippen LogP contribution in [0, 0.1) is 6.92 Å². The van der Waals surface area contributed by atoms with Crippen LogP contribution in [0.25, 0.3) is 10.9 Å². The molecular formula is C26H31N7O. The van der Waals surface area contributed by atoms with Gasteiger partial charge in [0.25, 0.3) is 5.56 Å². The summed E-state index contributed by atoms with van der Waals surface area (Å²) in [5, 5.41) is 13.8. The number of hydrogen-bond acceptors (Lipinski definition) is 6. The Hall–Kier alpha value is -3.52. The first-order valence-corrected chi connectivity index (χ1v) is 11.8. The first kappa shape index (κ1) is 22.3. The highest BCUT2D eigenvalue weighted by atomic mass is 16.1. The molecule has 1 aliphatic heterocycles. The predicted molar refractivity (Wildman–Crippen MR) is 134 cm³/mol. The molecule has 0 aliphatic carbocycles. The number of rotatable bonds is 4. The SMILES string of the molecule is Cc1cccc2cc([C@@H](c3nnnn3C(C)(C)C)N3CCN(c4ccccc4)CC3)c(=O)[nH]c12. The zero-order valence-electron chi connectivity index (χ0n) is 20.2. The summed E-state index contributed by atoms with van der Waals surface area (Å²) in [7, 11) is 0. The van der Waals surface area contributed by atoms with E-state index in [-0.39, 0.29) is 17.1 Å². The number of pyridine rings is 1. The molecule has 2 aromatic carbocycles. The molecule has 1 saturated heterocycles. The fourth-order valence-electron chi connectivity index (χ4n) is 4.82. The van der Waals surface area contributed by atoms with Crippen LogP contribution >= 0.6 is 0 Å². The van der Waals surface area contributed by atoms with Gasteiger partial charge in [-0.2, -0.15) is 0 Å². The van der Waals surface area contributed by atoms with Gasteiger partial charge < -0.3 is 9.88 Å². The highest BCUT2D eigenvalue weighted by Gasteiger charge is 2.35. The van der Waals surface area contributed by atoms with E-state index in [1.54, 1.807) is 0 Å². The second-order valence-corrected chi connectivity index (χ2v) is 9.97. The van der Waals surface area contributed by atoms with Gasteiger partial charge in [-0.15, -0.1) is 5.10 Å². The third-order valence-corrected chi connectivity index (χ3v) is 6.59. The Morgan fingerprint density at radius 3 is 2.41 bits per heavy atom. The Kier molecular flexibility index (Phi) is 5.69. The summed E-state index contributed by atoms with van der Waals surface area (Å²) < 4.78 is 1.85. The molecule has 176 valence electrons. The topological polar surface area (TPSA) is 82.9 Å². The van der Waals surface area contributed by atoms with E-state index < -0.39 is 0 Å². The number of hydrogen-bond donors (Lipinski definition) is 1. The summed E-state index contributed by atoms with van der Waals surface area (Å²) in [5.74, 6) is 0.693. The summed E-state index contributed by atoms with van der Waals surface area (Å²) in [4.78, 5) is 21.3. The lowest BCUT2D eigenvalue weighted by atomic mass is 10.00. The number of nitrogens with one attached hydrogen (secondary N) is 1. The summed E-state index contributed by atoms with van der Waals surface area (Å²) in [6, 6.07) is 18.2. The minimum absolute atomic E-state index is 0.0965. The Morgan fingerprint density at radius 2 is 1.71 bits per heavy atom. The van der Waals surface area contributed by atoms with Gasteiger partial charge in [0.15, 0.2) is 5.82 Å². The van der Waals surface area contributed by atoms with Gasteiger partial charge in [-0.25, -0.2) is 4.68 Å². The number of anilines is 1. The molecule has 0 bridgehead atoms. The highest BCUT2D eigenvalue weighted by molar-refractivity contribution is 5.82. The lowest BCUT2D eigenvalue weighted by Crippen LogP contribution is -2.49. The van der Waals surface area contributed by atoms with E-state index in [9.17, 15) is 4.79 Å². The number of benzene rings is 2. The van der Waals surface area contributed by atoms with Gasteiger partial charge >= 0.3 is 0 Å². The van der Waals surface area contributed by atoms with E-state index in [0.717, 1.165) is 42.6 Å². The van der Waals surface area contributed by atoms with Crippen molar-refractivity contribution in [3.05, 3.63) is 81.9 Å². The van der Waals surface area contributed by atoms with Crippen molar-refractivity contribution in [1.82, 2.24) is 30.1 Å². The first-order chi connectivity index (χ1) is 16.3. The molecule has 0 amide bonds. The van der Waals surface area contributed by atoms with Gasteiger partial charge in [0.2, 0.25) is 0 Å². The molecule has 5 rings (SSSR count). The summed E-state index contributed by atoms with van der Waals surface area (Å²) in [5.41, 5.74) is 3.40. The molecule has 8 nitrogen and oxygen atoms in total. The molecule has 0 saturated carbocycles. The molecule has 0 radical (unpaired) electrons. The van der Waals surface area contributed by atoms with E-state index in [0.29, 0.717) is 11.4 Å². The van der Waals surface area contributed by atoms with E-state index >= 15 is 0 Å². The second kappa shape index (κ2) is 8.68. The molecule has 4 aromatic rings. The number of aryl methyl sites for hydroxylation is 1. The fraction of sp³-hybridized carbons (Fsp3) is 0.385. The molecule has 1 N–H and O–H groups in total. The maximum atomic E-state index is 13.4. The zero-order valence-corrected chi connectivity index (χ0v) is 20.2.